The van der Waals surface area contributed by atoms with Crippen LogP contribution in [0.15, 0.2) is 36.4 Å². The number of hydrogen-bond donors (Lipinski definition) is 2. The molecule has 0 saturated carbocycles. The lowest BCUT2D eigenvalue weighted by atomic mass is 10.0. The van der Waals surface area contributed by atoms with Gasteiger partial charge in [-0.1, -0.05) is 24.6 Å². The number of hydrazine groups is 1. The fraction of sp³-hybridized carbons (Fsp3) is 0.333. The van der Waals surface area contributed by atoms with Crippen molar-refractivity contribution in [3.05, 3.63) is 53.1 Å². The molecule has 2 heterocycles. The third-order valence-electron chi connectivity index (χ3n) is 5.07. The maximum absolute atomic E-state index is 12.5. The van der Waals surface area contributed by atoms with Crippen molar-refractivity contribution in [1.29, 1.82) is 0 Å². The third kappa shape index (κ3) is 3.22. The van der Waals surface area contributed by atoms with Gasteiger partial charge in [-0.25, -0.2) is 9.99 Å². The van der Waals surface area contributed by atoms with Gasteiger partial charge in [0.2, 0.25) is 0 Å². The summed E-state index contributed by atoms with van der Waals surface area (Å²) in [5, 5.41) is 2.02. The molecule has 0 unspecified atom stereocenters. The van der Waals surface area contributed by atoms with Crippen LogP contribution in [0.5, 0.6) is 0 Å². The van der Waals surface area contributed by atoms with E-state index < -0.39 is 0 Å². The van der Waals surface area contributed by atoms with Crippen molar-refractivity contribution in [2.75, 3.05) is 13.1 Å². The van der Waals surface area contributed by atoms with E-state index in [9.17, 15) is 4.79 Å². The van der Waals surface area contributed by atoms with Gasteiger partial charge < -0.3 is 4.98 Å². The highest BCUT2D eigenvalue weighted by molar-refractivity contribution is 5.95. The maximum atomic E-state index is 12.5. The Morgan fingerprint density at radius 1 is 1.08 bits per heavy atom. The Kier molecular flexibility index (Phi) is 4.47. The summed E-state index contributed by atoms with van der Waals surface area (Å²) in [4.78, 5) is 20.7. The highest BCUT2D eigenvalue weighted by Crippen LogP contribution is 2.26. The number of amides is 1. The first-order valence-corrected chi connectivity index (χ1v) is 9.24. The molecule has 1 aliphatic heterocycles. The van der Waals surface area contributed by atoms with Gasteiger partial charge in [0.05, 0.1) is 11.0 Å². The number of para-hydroxylation sites is 1. The van der Waals surface area contributed by atoms with Crippen LogP contribution in [0.3, 0.4) is 0 Å². The van der Waals surface area contributed by atoms with Gasteiger partial charge in [0.15, 0.2) is 0 Å². The number of aryl methyl sites for hydroxylation is 2. The largest absolute Gasteiger partial charge is 0.338 e. The molecule has 0 bridgehead atoms. The second-order valence-electron chi connectivity index (χ2n) is 7.07. The average Bonchev–Trinajstić information content (AvgIpc) is 3.08. The van der Waals surface area contributed by atoms with Crippen LogP contribution in [0, 0.1) is 13.8 Å². The number of carbonyl (C=O) groups is 1. The summed E-state index contributed by atoms with van der Waals surface area (Å²) in [7, 11) is 0. The van der Waals surface area contributed by atoms with Crippen LogP contribution >= 0.6 is 0 Å². The Morgan fingerprint density at radius 2 is 1.88 bits per heavy atom. The van der Waals surface area contributed by atoms with Gasteiger partial charge in [0.25, 0.3) is 5.91 Å². The number of rotatable bonds is 3. The van der Waals surface area contributed by atoms with Gasteiger partial charge in [-0.2, -0.15) is 0 Å². The number of nitrogens with zero attached hydrogens (tertiary/aromatic N) is 2. The Bertz CT molecular complexity index is 954. The van der Waals surface area contributed by atoms with E-state index in [1.807, 2.05) is 42.3 Å². The molecule has 5 heteroatoms. The Hall–Kier alpha value is -2.66. The molecule has 2 N–H and O–H groups in total. The number of H-pyrrole nitrogens is 1. The molecule has 0 radical (unpaired) electrons. The molecule has 3 aromatic rings. The number of piperidine rings is 1. The van der Waals surface area contributed by atoms with Crippen LogP contribution in [0.25, 0.3) is 22.4 Å². The number of benzene rings is 2. The number of fused-ring (bicyclic) bond motifs is 1. The molecule has 5 nitrogen and oxygen atoms in total. The number of nitrogens with one attached hydrogen (secondary N) is 2. The molecule has 0 atom stereocenters. The van der Waals surface area contributed by atoms with Gasteiger partial charge in [0.1, 0.15) is 5.82 Å². The number of imidazole rings is 1. The van der Waals surface area contributed by atoms with Crippen LogP contribution in [-0.4, -0.2) is 34.0 Å². The van der Waals surface area contributed by atoms with E-state index in [1.165, 1.54) is 6.42 Å². The van der Waals surface area contributed by atoms with E-state index in [0.717, 1.165) is 59.5 Å². The van der Waals surface area contributed by atoms with Crippen LogP contribution in [0.1, 0.15) is 40.7 Å². The number of carbonyl (C=O) groups excluding carboxylic acids is 1. The van der Waals surface area contributed by atoms with E-state index in [0.29, 0.717) is 5.56 Å². The maximum Gasteiger partial charge on any atom is 0.265 e. The zero-order chi connectivity index (χ0) is 18.1. The Labute approximate surface area is 153 Å². The molecule has 4 rings (SSSR count). The number of hydrogen-bond acceptors (Lipinski definition) is 3. The monoisotopic (exact) mass is 348 g/mol. The van der Waals surface area contributed by atoms with Crippen molar-refractivity contribution in [1.82, 2.24) is 20.4 Å². The SMILES string of the molecule is Cc1cc(C(=O)NN2CCCCC2)ccc1-c1nc2c(C)cccc2[nH]1. The summed E-state index contributed by atoms with van der Waals surface area (Å²) in [6.07, 6.45) is 3.53. The molecule has 1 amide bonds. The second kappa shape index (κ2) is 6.92. The summed E-state index contributed by atoms with van der Waals surface area (Å²) in [6, 6.07) is 11.9. The predicted octanol–water partition coefficient (Wildman–Crippen LogP) is 3.98. The lowest BCUT2D eigenvalue weighted by Gasteiger charge is -2.26. The molecule has 1 fully saturated rings. The van der Waals surface area contributed by atoms with Crippen molar-refractivity contribution < 1.29 is 4.79 Å². The van der Waals surface area contributed by atoms with Gasteiger partial charge in [0, 0.05) is 24.2 Å². The third-order valence-corrected chi connectivity index (χ3v) is 5.07. The van der Waals surface area contributed by atoms with Crippen molar-refractivity contribution in [3.63, 3.8) is 0 Å². The van der Waals surface area contributed by atoms with Gasteiger partial charge in [-0.3, -0.25) is 10.2 Å². The van der Waals surface area contributed by atoms with Crippen LogP contribution < -0.4 is 5.43 Å². The summed E-state index contributed by atoms with van der Waals surface area (Å²) in [5.41, 5.74) is 8.95. The van der Waals surface area contributed by atoms with Crippen LogP contribution in [0.2, 0.25) is 0 Å². The van der Waals surface area contributed by atoms with Crippen molar-refractivity contribution in [2.45, 2.75) is 33.1 Å². The minimum Gasteiger partial charge on any atom is -0.338 e. The minimum absolute atomic E-state index is 0.0398. The molecule has 0 spiro atoms. The van der Waals surface area contributed by atoms with Crippen molar-refractivity contribution >= 4 is 16.9 Å². The zero-order valence-electron chi connectivity index (χ0n) is 15.3. The van der Waals surface area contributed by atoms with E-state index in [4.69, 9.17) is 4.98 Å². The van der Waals surface area contributed by atoms with E-state index >= 15 is 0 Å². The molecule has 0 aliphatic carbocycles. The molecular weight excluding hydrogens is 324 g/mol. The first kappa shape index (κ1) is 16.8. The summed E-state index contributed by atoms with van der Waals surface area (Å²) in [5.74, 6) is 0.803. The van der Waals surface area contributed by atoms with E-state index in [1.54, 1.807) is 0 Å². The highest BCUT2D eigenvalue weighted by atomic mass is 16.2. The second-order valence-corrected chi connectivity index (χ2v) is 7.07. The van der Waals surface area contributed by atoms with Gasteiger partial charge in [-0.15, -0.1) is 0 Å². The molecule has 2 aromatic carbocycles. The highest BCUT2D eigenvalue weighted by Gasteiger charge is 2.16. The predicted molar refractivity (Wildman–Crippen MR) is 104 cm³/mol. The van der Waals surface area contributed by atoms with Gasteiger partial charge in [-0.05, 0) is 56.0 Å². The van der Waals surface area contributed by atoms with Crippen molar-refractivity contribution in [3.8, 4) is 11.4 Å². The quantitative estimate of drug-likeness (QED) is 0.753. The molecule has 1 saturated heterocycles. The summed E-state index contributed by atoms with van der Waals surface area (Å²) >= 11 is 0. The lowest BCUT2D eigenvalue weighted by Crippen LogP contribution is -2.45. The Morgan fingerprint density at radius 3 is 2.62 bits per heavy atom. The average molecular weight is 348 g/mol. The fourth-order valence-corrected chi connectivity index (χ4v) is 3.59. The normalized spacial score (nSPS) is 15.3. The topological polar surface area (TPSA) is 61.0 Å². The first-order chi connectivity index (χ1) is 12.6. The molecule has 26 heavy (non-hydrogen) atoms. The number of aromatic nitrogens is 2. The lowest BCUT2D eigenvalue weighted by molar-refractivity contribution is 0.0750. The molecule has 1 aliphatic rings. The molecular formula is C21H24N4O. The molecule has 134 valence electrons. The smallest absolute Gasteiger partial charge is 0.265 e. The fourth-order valence-electron chi connectivity index (χ4n) is 3.59. The van der Waals surface area contributed by atoms with Gasteiger partial charge >= 0.3 is 0 Å². The van der Waals surface area contributed by atoms with Crippen LogP contribution in [-0.2, 0) is 0 Å². The number of aromatic amines is 1. The minimum atomic E-state index is -0.0398. The standard InChI is InChI=1S/C21H24N4O/c1-14-7-6-8-18-19(14)23-20(22-18)17-10-9-16(13-15(17)2)21(26)24-25-11-4-3-5-12-25/h6-10,13H,3-5,11-12H2,1-2H3,(H,22,23)(H,24,26). The Balaban J connectivity index is 1.58. The molecule has 1 aromatic heterocycles. The van der Waals surface area contributed by atoms with Crippen LogP contribution in [0.4, 0.5) is 0 Å². The summed E-state index contributed by atoms with van der Waals surface area (Å²) in [6.45, 7) is 5.95. The van der Waals surface area contributed by atoms with E-state index in [2.05, 4.69) is 23.4 Å². The van der Waals surface area contributed by atoms with E-state index in [-0.39, 0.29) is 5.91 Å². The first-order valence-electron chi connectivity index (χ1n) is 9.24. The van der Waals surface area contributed by atoms with Crippen molar-refractivity contribution in [2.24, 2.45) is 0 Å². The summed E-state index contributed by atoms with van der Waals surface area (Å²) < 4.78 is 0. The zero-order valence-corrected chi connectivity index (χ0v) is 15.3.